The van der Waals surface area contributed by atoms with Crippen LogP contribution in [0.3, 0.4) is 0 Å². The van der Waals surface area contributed by atoms with Gasteiger partial charge in [0.15, 0.2) is 0 Å². The molecule has 1 aliphatic rings. The molecule has 3 heterocycles. The highest BCUT2D eigenvalue weighted by molar-refractivity contribution is 7.93. The number of nitrogens with one attached hydrogen (secondary N) is 1. The topological polar surface area (TPSA) is 115 Å². The molecule has 0 spiro atoms. The molecule has 9 nitrogen and oxygen atoms in total. The average molecular weight is 587 g/mol. The van der Waals surface area contributed by atoms with Gasteiger partial charge in [-0.1, -0.05) is 24.3 Å². The van der Waals surface area contributed by atoms with E-state index in [4.69, 9.17) is 15.6 Å². The molecule has 0 saturated heterocycles. The van der Waals surface area contributed by atoms with E-state index in [0.717, 1.165) is 36.2 Å². The van der Waals surface area contributed by atoms with Gasteiger partial charge >= 0.3 is 5.76 Å². The zero-order valence-electron chi connectivity index (χ0n) is 22.6. The lowest BCUT2D eigenvalue weighted by Crippen LogP contribution is -2.25. The summed E-state index contributed by atoms with van der Waals surface area (Å²) >= 11 is 0. The molecule has 13 heteroatoms. The van der Waals surface area contributed by atoms with E-state index >= 15 is 0 Å². The number of nitrogens with zero attached hydrogens (tertiary/aromatic N) is 4. The highest BCUT2D eigenvalue weighted by Crippen LogP contribution is 2.40. The second kappa shape index (κ2) is 11.1. The molecule has 0 amide bonds. The van der Waals surface area contributed by atoms with Gasteiger partial charge in [-0.15, -0.1) is 0 Å². The maximum atomic E-state index is 13.5. The Labute approximate surface area is 235 Å². The van der Waals surface area contributed by atoms with Crippen molar-refractivity contribution in [3.63, 3.8) is 0 Å². The summed E-state index contributed by atoms with van der Waals surface area (Å²) in [5.41, 5.74) is 10.5. The van der Waals surface area contributed by atoms with Crippen molar-refractivity contribution in [1.29, 1.82) is 0 Å². The Morgan fingerprint density at radius 3 is 2.54 bits per heavy atom. The van der Waals surface area contributed by atoms with E-state index in [-0.39, 0.29) is 17.3 Å². The number of nitrogen functional groups attached to an aromatic ring is 1. The first-order valence-electron chi connectivity index (χ1n) is 12.8. The van der Waals surface area contributed by atoms with Crippen LogP contribution in [0.1, 0.15) is 30.6 Å². The fourth-order valence-electron chi connectivity index (χ4n) is 4.90. The number of hydrogen-bond donors (Lipinski definition) is 2. The predicted molar refractivity (Wildman–Crippen MR) is 152 cm³/mol. The smallest absolute Gasteiger partial charge is 0.355 e. The van der Waals surface area contributed by atoms with Crippen LogP contribution >= 0.6 is 0 Å². The van der Waals surface area contributed by atoms with Crippen molar-refractivity contribution in [2.45, 2.75) is 25.2 Å². The van der Waals surface area contributed by atoms with E-state index in [2.05, 4.69) is 16.0 Å². The first kappa shape index (κ1) is 28.4. The number of sulfonamides is 1. The lowest BCUT2D eigenvalue weighted by Gasteiger charge is -2.23. The summed E-state index contributed by atoms with van der Waals surface area (Å²) in [5, 5.41) is 5.31. The molecule has 2 aromatic carbocycles. The van der Waals surface area contributed by atoms with Gasteiger partial charge in [0.1, 0.15) is 29.2 Å². The molecule has 0 unspecified atom stereocenters. The van der Waals surface area contributed by atoms with Crippen LogP contribution in [0.2, 0.25) is 0 Å². The number of rotatable bonds is 8. The van der Waals surface area contributed by atoms with Crippen molar-refractivity contribution in [2.24, 2.45) is 7.05 Å². The molecule has 5 rings (SSSR count). The number of likely N-dealkylation sites (N-methyl/N-ethyl adjacent to an activating group) is 1. The molecule has 0 radical (unpaired) electrons. The zero-order valence-corrected chi connectivity index (χ0v) is 23.4. The number of anilines is 2. The van der Waals surface area contributed by atoms with Crippen molar-refractivity contribution in [3.8, 4) is 17.0 Å². The zero-order chi connectivity index (χ0) is 29.5. The van der Waals surface area contributed by atoms with Crippen molar-refractivity contribution >= 4 is 38.0 Å². The Balaban J connectivity index is 1.62. The molecule has 3 N–H and O–H groups in total. The van der Waals surface area contributed by atoms with Gasteiger partial charge in [0, 0.05) is 37.5 Å². The Kier molecular flexibility index (Phi) is 7.66. The maximum absolute atomic E-state index is 13.5. The fourth-order valence-corrected chi connectivity index (χ4v) is 5.47. The Morgan fingerprint density at radius 2 is 1.85 bits per heavy atom. The number of alkyl halides is 2. The monoisotopic (exact) mass is 586 g/mol. The largest absolute Gasteiger partial charge is 0.484 e. The van der Waals surface area contributed by atoms with E-state index < -0.39 is 27.7 Å². The number of halogens is 3. The fraction of sp³-hybridized carbons (Fsp3) is 0.286. The van der Waals surface area contributed by atoms with Gasteiger partial charge in [0.05, 0.1) is 16.6 Å². The van der Waals surface area contributed by atoms with Crippen molar-refractivity contribution in [3.05, 3.63) is 71.7 Å². The molecule has 0 bridgehead atoms. The summed E-state index contributed by atoms with van der Waals surface area (Å²) in [4.78, 5) is 6.65. The van der Waals surface area contributed by atoms with Gasteiger partial charge in [-0.05, 0) is 55.8 Å². The van der Waals surface area contributed by atoms with Gasteiger partial charge < -0.3 is 15.4 Å². The minimum atomic E-state index is -4.99. The normalized spacial score (nSPS) is 15.2. The first-order valence-corrected chi connectivity index (χ1v) is 14.3. The second-order valence-corrected chi connectivity index (χ2v) is 11.6. The molecule has 4 aromatic rings. The molecule has 0 fully saturated rings. The molecule has 1 aliphatic heterocycles. The number of pyridine rings is 1. The molecule has 0 saturated carbocycles. The SMILES string of the molecule is C[C@H](Oc1cc(-c2nn(C)c3c(C4=CCCN(C)C4)cnc(N)c23)ccc1NS(=O)(=O)C(F)F)c1ccc(F)cc1. The summed E-state index contributed by atoms with van der Waals surface area (Å²) in [6.45, 7) is 3.36. The van der Waals surface area contributed by atoms with Gasteiger partial charge in [-0.3, -0.25) is 9.40 Å². The number of hydrogen-bond acceptors (Lipinski definition) is 7. The number of aromatic nitrogens is 3. The van der Waals surface area contributed by atoms with Crippen molar-refractivity contribution in [1.82, 2.24) is 19.7 Å². The van der Waals surface area contributed by atoms with Gasteiger partial charge in [-0.2, -0.15) is 13.9 Å². The highest BCUT2D eigenvalue weighted by Gasteiger charge is 2.27. The van der Waals surface area contributed by atoms with E-state index in [9.17, 15) is 21.6 Å². The summed E-state index contributed by atoms with van der Waals surface area (Å²) < 4.78 is 73.6. The second-order valence-electron chi connectivity index (χ2n) is 9.94. The number of aryl methyl sites for hydroxylation is 1. The van der Waals surface area contributed by atoms with Crippen LogP contribution in [0.15, 0.2) is 54.7 Å². The molecule has 0 aliphatic carbocycles. The summed E-state index contributed by atoms with van der Waals surface area (Å²) in [5.74, 6) is -3.86. The molecule has 216 valence electrons. The Bertz CT molecular complexity index is 1740. The minimum Gasteiger partial charge on any atom is -0.484 e. The average Bonchev–Trinajstić information content (AvgIpc) is 3.28. The van der Waals surface area contributed by atoms with Crippen LogP contribution in [0.5, 0.6) is 5.75 Å². The van der Waals surface area contributed by atoms with Gasteiger partial charge in [0.2, 0.25) is 0 Å². The highest BCUT2D eigenvalue weighted by atomic mass is 32.2. The van der Waals surface area contributed by atoms with Crippen LogP contribution in [0.4, 0.5) is 24.7 Å². The van der Waals surface area contributed by atoms with Gasteiger partial charge in [-0.25, -0.2) is 17.8 Å². The maximum Gasteiger partial charge on any atom is 0.355 e. The number of benzene rings is 2. The van der Waals surface area contributed by atoms with Crippen LogP contribution < -0.4 is 15.2 Å². The predicted octanol–water partition coefficient (Wildman–Crippen LogP) is 5.18. The van der Waals surface area contributed by atoms with Crippen molar-refractivity contribution < 1.29 is 26.3 Å². The Morgan fingerprint density at radius 1 is 1.12 bits per heavy atom. The van der Waals surface area contributed by atoms with Gasteiger partial charge in [0.25, 0.3) is 10.0 Å². The third-order valence-corrected chi connectivity index (χ3v) is 7.94. The number of fused-ring (bicyclic) bond motifs is 1. The van der Waals surface area contributed by atoms with Crippen LogP contribution in [-0.4, -0.2) is 54.0 Å². The van der Waals surface area contributed by atoms with E-state index in [0.29, 0.717) is 22.2 Å². The lowest BCUT2D eigenvalue weighted by molar-refractivity contribution is 0.228. The summed E-state index contributed by atoms with van der Waals surface area (Å²) in [7, 11) is -1.15. The van der Waals surface area contributed by atoms with E-state index in [1.54, 1.807) is 30.9 Å². The quantitative estimate of drug-likeness (QED) is 0.292. The van der Waals surface area contributed by atoms with Crippen LogP contribution in [0, 0.1) is 5.82 Å². The summed E-state index contributed by atoms with van der Waals surface area (Å²) in [6, 6.07) is 9.94. The third-order valence-electron chi connectivity index (χ3n) is 6.96. The molecule has 2 aromatic heterocycles. The lowest BCUT2D eigenvalue weighted by atomic mass is 9.99. The standard InChI is InChI=1S/C28H29F3N6O3S/c1-16(17-6-9-20(29)10-7-17)40-23-13-18(8-11-22(23)35-41(38,39)28(30)31)25-24-26(37(3)34-25)21(14-33-27(24)32)19-5-4-12-36(2)15-19/h5-11,13-14,16,28,35H,4,12,15H2,1-3H3,(H2,32,33)/t16-/m0/s1. The van der Waals surface area contributed by atoms with Crippen LogP contribution in [0.25, 0.3) is 27.7 Å². The molecular formula is C28H29F3N6O3S. The first-order chi connectivity index (χ1) is 19.4. The third kappa shape index (κ3) is 5.72. The van der Waals surface area contributed by atoms with Crippen LogP contribution in [-0.2, 0) is 17.1 Å². The summed E-state index contributed by atoms with van der Waals surface area (Å²) in [6.07, 6.45) is 4.11. The van der Waals surface area contributed by atoms with E-state index in [1.807, 2.05) is 11.8 Å². The molecular weight excluding hydrogens is 557 g/mol. The molecule has 1 atom stereocenters. The number of ether oxygens (including phenoxy) is 1. The molecule has 41 heavy (non-hydrogen) atoms. The Hall–Kier alpha value is -4.10. The van der Waals surface area contributed by atoms with E-state index in [1.165, 1.54) is 36.4 Å². The number of nitrogens with two attached hydrogens (primary N) is 1. The minimum absolute atomic E-state index is 0.0262. The van der Waals surface area contributed by atoms with Crippen molar-refractivity contribution in [2.75, 3.05) is 30.6 Å².